The number of benzene rings is 3. The van der Waals surface area contributed by atoms with Crippen LogP contribution in [-0.2, 0) is 44.0 Å². The van der Waals surface area contributed by atoms with Crippen LogP contribution in [0.3, 0.4) is 0 Å². The summed E-state index contributed by atoms with van der Waals surface area (Å²) in [5.74, 6) is 0.342. The predicted octanol–water partition coefficient (Wildman–Crippen LogP) is 4.91. The van der Waals surface area contributed by atoms with E-state index >= 15 is 0 Å². The number of carbonyl (C=O) groups is 5. The predicted molar refractivity (Wildman–Crippen MR) is 239 cm³/mol. The van der Waals surface area contributed by atoms with Crippen molar-refractivity contribution in [2.45, 2.75) is 63.7 Å². The van der Waals surface area contributed by atoms with E-state index < -0.39 is 18.0 Å². The lowest BCUT2D eigenvalue weighted by molar-refractivity contribution is -0.137. The number of rotatable bonds is 23. The number of piperidine rings is 1. The summed E-state index contributed by atoms with van der Waals surface area (Å²) in [7, 11) is 1.87. The van der Waals surface area contributed by atoms with E-state index in [1.165, 1.54) is 11.2 Å². The molecule has 5 amide bonds. The van der Waals surface area contributed by atoms with Crippen molar-refractivity contribution < 1.29 is 38.2 Å². The van der Waals surface area contributed by atoms with E-state index in [-0.39, 0.29) is 49.6 Å². The summed E-state index contributed by atoms with van der Waals surface area (Å²) in [5, 5.41) is 20.0. The molecule has 0 bridgehead atoms. The molecule has 1 saturated heterocycles. The molecule has 5 aromatic rings. The summed E-state index contributed by atoms with van der Waals surface area (Å²) in [4.78, 5) is 72.5. The number of fused-ring (bicyclic) bond motifs is 1. The maximum Gasteiger partial charge on any atom is 0.255 e. The van der Waals surface area contributed by atoms with Crippen molar-refractivity contribution in [3.63, 3.8) is 0 Å². The minimum absolute atomic E-state index is 0.155. The van der Waals surface area contributed by atoms with Gasteiger partial charge in [0, 0.05) is 74.1 Å². The Bertz CT molecular complexity index is 2480. The second-order valence-electron chi connectivity index (χ2n) is 15.5. The number of carbonyl (C=O) groups excluding carboxylic acids is 5. The van der Waals surface area contributed by atoms with Crippen LogP contribution < -0.4 is 26.0 Å². The Morgan fingerprint density at radius 3 is 2.54 bits per heavy atom. The van der Waals surface area contributed by atoms with E-state index in [4.69, 9.17) is 14.2 Å². The maximum atomic E-state index is 13.3. The fourth-order valence-corrected chi connectivity index (χ4v) is 7.48. The Balaban J connectivity index is 0.728. The van der Waals surface area contributed by atoms with Gasteiger partial charge in [0.1, 0.15) is 30.4 Å². The monoisotopic (exact) mass is 884 g/mol. The van der Waals surface area contributed by atoms with Crippen LogP contribution in [0.2, 0.25) is 0 Å². The number of hydrogen-bond donors (Lipinski definition) is 4. The average molecular weight is 885 g/mol. The summed E-state index contributed by atoms with van der Waals surface area (Å²) < 4.78 is 19.1. The Labute approximate surface area is 376 Å². The SMILES string of the molecule is C=C[C@H](NC(=O)c1cccc(NCc2nnc(-c3ccncn3)n2C)c1)c1ccc(OCCCCCOCCCOCC(=O)Nc2cccc3c2CN(C2CCC(=O)NC2=O)C3=O)cc1. The Kier molecular flexibility index (Phi) is 15.7. The Morgan fingerprint density at radius 1 is 0.938 bits per heavy atom. The van der Waals surface area contributed by atoms with Gasteiger partial charge in [0.2, 0.25) is 17.7 Å². The van der Waals surface area contributed by atoms with Crippen molar-refractivity contribution >= 4 is 40.9 Å². The molecule has 3 aromatic carbocycles. The lowest BCUT2D eigenvalue weighted by Crippen LogP contribution is -2.52. The number of nitrogens with zero attached hydrogens (tertiary/aromatic N) is 6. The van der Waals surface area contributed by atoms with Crippen molar-refractivity contribution in [2.75, 3.05) is 43.7 Å². The van der Waals surface area contributed by atoms with Gasteiger partial charge in [-0.05, 0) is 86.2 Å². The zero-order chi connectivity index (χ0) is 45.5. The lowest BCUT2D eigenvalue weighted by atomic mass is 10.0. The summed E-state index contributed by atoms with van der Waals surface area (Å²) in [5.41, 5.74) is 4.35. The van der Waals surface area contributed by atoms with Gasteiger partial charge in [0.05, 0.1) is 19.2 Å². The number of ether oxygens (including phenoxy) is 3. The van der Waals surface area contributed by atoms with E-state index in [9.17, 15) is 24.0 Å². The van der Waals surface area contributed by atoms with Crippen LogP contribution in [0.1, 0.15) is 82.2 Å². The second-order valence-corrected chi connectivity index (χ2v) is 15.5. The first-order valence-corrected chi connectivity index (χ1v) is 21.5. The summed E-state index contributed by atoms with van der Waals surface area (Å²) in [6, 6.07) is 20.5. The molecular formula is C47H52N10O8. The lowest BCUT2D eigenvalue weighted by Gasteiger charge is -2.29. The van der Waals surface area contributed by atoms with Crippen LogP contribution in [0, 0.1) is 0 Å². The first-order chi connectivity index (χ1) is 31.7. The van der Waals surface area contributed by atoms with Crippen molar-refractivity contribution in [2.24, 2.45) is 7.05 Å². The molecule has 0 saturated carbocycles. The number of anilines is 2. The van der Waals surface area contributed by atoms with E-state index in [0.29, 0.717) is 79.1 Å². The molecule has 0 spiro atoms. The highest BCUT2D eigenvalue weighted by molar-refractivity contribution is 6.07. The Hall–Kier alpha value is -7.31. The first kappa shape index (κ1) is 45.7. The van der Waals surface area contributed by atoms with Crippen LogP contribution in [0.15, 0.2) is 98.0 Å². The van der Waals surface area contributed by atoms with Gasteiger partial charge in [0.15, 0.2) is 11.6 Å². The molecule has 2 aromatic heterocycles. The van der Waals surface area contributed by atoms with Crippen molar-refractivity contribution in [3.8, 4) is 17.3 Å². The minimum Gasteiger partial charge on any atom is -0.494 e. The van der Waals surface area contributed by atoms with Gasteiger partial charge in [0.25, 0.3) is 11.8 Å². The highest BCUT2D eigenvalue weighted by Crippen LogP contribution is 2.32. The average Bonchev–Trinajstić information content (AvgIpc) is 3.86. The molecule has 2 atom stereocenters. The third-order valence-electron chi connectivity index (χ3n) is 11.0. The standard InChI is InChI=1S/C47H52N10O8/c1-3-37(52-45(60)32-10-7-11-33(26-32)49-27-41-54-55-44(56(41)2)39-20-21-48-30-50-39)31-14-16-34(17-15-31)65-25-6-4-5-22-63-23-9-24-64-29-43(59)51-38-13-8-12-35-36(38)28-57(47(35)62)40-18-19-42(58)53-46(40)61/h3,7-8,10-17,20-21,26,30,37,40,49H,1,4-6,9,18-19,22-25,27-29H2,2H3,(H,51,59)(H,52,60)(H,53,58,61)/t37-,40?/m0/s1. The van der Waals surface area contributed by atoms with Gasteiger partial charge in [-0.3, -0.25) is 29.3 Å². The topological polar surface area (TPSA) is 221 Å². The van der Waals surface area contributed by atoms with Crippen molar-refractivity contribution in [3.05, 3.63) is 126 Å². The molecule has 338 valence electrons. The van der Waals surface area contributed by atoms with Gasteiger partial charge in [-0.25, -0.2) is 9.97 Å². The van der Waals surface area contributed by atoms with E-state index in [1.54, 1.807) is 48.7 Å². The Morgan fingerprint density at radius 2 is 1.74 bits per heavy atom. The zero-order valence-corrected chi connectivity index (χ0v) is 36.2. The number of amides is 5. The van der Waals surface area contributed by atoms with Gasteiger partial charge in [-0.1, -0.05) is 30.3 Å². The maximum absolute atomic E-state index is 13.3. The highest BCUT2D eigenvalue weighted by atomic mass is 16.5. The quantitative estimate of drug-likeness (QED) is 0.0390. The molecule has 18 heteroatoms. The number of imide groups is 1. The molecule has 7 rings (SSSR count). The largest absolute Gasteiger partial charge is 0.494 e. The molecule has 4 N–H and O–H groups in total. The number of nitrogens with one attached hydrogen (secondary N) is 4. The summed E-state index contributed by atoms with van der Waals surface area (Å²) in [6.45, 7) is 6.35. The summed E-state index contributed by atoms with van der Waals surface area (Å²) in [6.07, 6.45) is 8.55. The smallest absolute Gasteiger partial charge is 0.255 e. The van der Waals surface area contributed by atoms with Crippen molar-refractivity contribution in [1.29, 1.82) is 0 Å². The fourth-order valence-electron chi connectivity index (χ4n) is 7.48. The van der Waals surface area contributed by atoms with Gasteiger partial charge in [-0.2, -0.15) is 0 Å². The molecule has 18 nitrogen and oxygen atoms in total. The fraction of sp³-hybridized carbons (Fsp3) is 0.340. The van der Waals surface area contributed by atoms with Crippen LogP contribution >= 0.6 is 0 Å². The zero-order valence-electron chi connectivity index (χ0n) is 36.2. The van der Waals surface area contributed by atoms with Crippen LogP contribution in [-0.4, -0.2) is 98.2 Å². The molecule has 65 heavy (non-hydrogen) atoms. The van der Waals surface area contributed by atoms with Crippen LogP contribution in [0.4, 0.5) is 11.4 Å². The summed E-state index contributed by atoms with van der Waals surface area (Å²) >= 11 is 0. The van der Waals surface area contributed by atoms with E-state index in [0.717, 1.165) is 36.3 Å². The molecule has 0 aliphatic carbocycles. The van der Waals surface area contributed by atoms with Gasteiger partial charge >= 0.3 is 0 Å². The normalized spacial score (nSPS) is 14.9. The van der Waals surface area contributed by atoms with Crippen LogP contribution in [0.25, 0.3) is 11.5 Å². The van der Waals surface area contributed by atoms with Crippen molar-refractivity contribution in [1.82, 2.24) is 40.3 Å². The minimum atomic E-state index is -0.731. The third kappa shape index (κ3) is 12.0. The molecule has 2 aliphatic rings. The molecule has 2 aliphatic heterocycles. The third-order valence-corrected chi connectivity index (χ3v) is 11.0. The molecular weight excluding hydrogens is 833 g/mol. The van der Waals surface area contributed by atoms with Gasteiger partial charge < -0.3 is 39.6 Å². The first-order valence-electron chi connectivity index (χ1n) is 21.5. The van der Waals surface area contributed by atoms with E-state index in [1.807, 2.05) is 48.0 Å². The van der Waals surface area contributed by atoms with Crippen LogP contribution in [0.5, 0.6) is 5.75 Å². The number of aromatic nitrogens is 5. The van der Waals surface area contributed by atoms with Gasteiger partial charge in [-0.15, -0.1) is 16.8 Å². The molecule has 0 radical (unpaired) electrons. The molecule has 1 unspecified atom stereocenters. The number of unbranched alkanes of at least 4 members (excludes halogenated alkanes) is 2. The molecule has 1 fully saturated rings. The highest BCUT2D eigenvalue weighted by Gasteiger charge is 2.40. The number of hydrogen-bond acceptors (Lipinski definition) is 13. The van der Waals surface area contributed by atoms with E-state index in [2.05, 4.69) is 48.0 Å². The second kappa shape index (κ2) is 22.4. The molecule has 4 heterocycles.